The summed E-state index contributed by atoms with van der Waals surface area (Å²) in [6.45, 7) is 0. The van der Waals surface area contributed by atoms with Crippen molar-refractivity contribution >= 4 is 45.6 Å². The molecular weight excluding hydrogens is 320 g/mol. The maximum absolute atomic E-state index is 10.7. The lowest BCUT2D eigenvalue weighted by molar-refractivity contribution is 0.112. The molecule has 86 valence electrons. The first-order chi connectivity index (χ1) is 8.20. The quantitative estimate of drug-likeness (QED) is 0.732. The monoisotopic (exact) mass is 326 g/mol. The van der Waals surface area contributed by atoms with E-state index in [0.717, 1.165) is 25.6 Å². The average molecular weight is 328 g/mol. The second kappa shape index (κ2) is 5.71. The Hall–Kier alpha value is -0.770. The van der Waals surface area contributed by atoms with Crippen molar-refractivity contribution in [2.24, 2.45) is 0 Å². The van der Waals surface area contributed by atoms with E-state index in [1.54, 1.807) is 17.8 Å². The summed E-state index contributed by atoms with van der Waals surface area (Å²) in [7, 11) is 0. The fourth-order valence-electron chi connectivity index (χ4n) is 1.32. The third kappa shape index (κ3) is 3.12. The summed E-state index contributed by atoms with van der Waals surface area (Å²) in [4.78, 5) is 12.7. The summed E-state index contributed by atoms with van der Waals surface area (Å²) in [5.41, 5.74) is 0.647. The van der Waals surface area contributed by atoms with Gasteiger partial charge in [-0.15, -0.1) is 0 Å². The molecule has 0 aliphatic carbocycles. The minimum Gasteiger partial charge on any atom is -0.298 e. The van der Waals surface area contributed by atoms with Gasteiger partial charge in [0.1, 0.15) is 0 Å². The maximum Gasteiger partial charge on any atom is 0.151 e. The Balaban J connectivity index is 2.28. The van der Waals surface area contributed by atoms with Gasteiger partial charge in [0.25, 0.3) is 0 Å². The van der Waals surface area contributed by atoms with Crippen molar-refractivity contribution < 1.29 is 4.79 Å². The van der Waals surface area contributed by atoms with Crippen LogP contribution < -0.4 is 0 Å². The minimum absolute atomic E-state index is 0.647. The highest BCUT2D eigenvalue weighted by atomic mass is 79.9. The number of hydrogen-bond donors (Lipinski definition) is 0. The van der Waals surface area contributed by atoms with Crippen molar-refractivity contribution in [2.45, 2.75) is 9.79 Å². The van der Waals surface area contributed by atoms with E-state index >= 15 is 0 Å². The highest BCUT2D eigenvalue weighted by Crippen LogP contribution is 2.34. The third-order valence-electron chi connectivity index (χ3n) is 2.16. The summed E-state index contributed by atoms with van der Waals surface area (Å²) in [6.07, 6.45) is 0.827. The lowest BCUT2D eigenvalue weighted by atomic mass is 10.2. The molecule has 0 N–H and O–H groups in total. The van der Waals surface area contributed by atoms with E-state index in [9.17, 15) is 4.79 Å². The molecule has 0 saturated heterocycles. The lowest BCUT2D eigenvalue weighted by Crippen LogP contribution is -1.83. The van der Waals surface area contributed by atoms with Crippen LogP contribution >= 0.6 is 39.3 Å². The van der Waals surface area contributed by atoms with E-state index < -0.39 is 0 Å². The van der Waals surface area contributed by atoms with Crippen molar-refractivity contribution in [1.29, 1.82) is 0 Å². The van der Waals surface area contributed by atoms with Crippen LogP contribution in [0.4, 0.5) is 0 Å². The highest BCUT2D eigenvalue weighted by molar-refractivity contribution is 9.10. The van der Waals surface area contributed by atoms with Crippen LogP contribution in [0.25, 0.3) is 0 Å². The molecule has 2 rings (SSSR count). The van der Waals surface area contributed by atoms with Crippen LogP contribution in [-0.2, 0) is 0 Å². The predicted molar refractivity (Wildman–Crippen MR) is 75.1 cm³/mol. The number of benzene rings is 2. The molecular formula is C13H8BrClOS. The van der Waals surface area contributed by atoms with Gasteiger partial charge in [0.2, 0.25) is 0 Å². The Labute approximate surface area is 117 Å². The van der Waals surface area contributed by atoms with E-state index in [0.29, 0.717) is 5.56 Å². The number of rotatable bonds is 3. The van der Waals surface area contributed by atoms with Crippen molar-refractivity contribution in [3.8, 4) is 0 Å². The molecule has 0 amide bonds. The van der Waals surface area contributed by atoms with Crippen LogP contribution in [0.1, 0.15) is 10.4 Å². The lowest BCUT2D eigenvalue weighted by Gasteiger charge is -2.05. The SMILES string of the molecule is O=Cc1ccc(Sc2ccccc2Cl)cc1Br. The van der Waals surface area contributed by atoms with Crippen LogP contribution in [0.3, 0.4) is 0 Å². The maximum atomic E-state index is 10.7. The molecule has 0 atom stereocenters. The molecule has 1 nitrogen and oxygen atoms in total. The van der Waals surface area contributed by atoms with Crippen LogP contribution in [0, 0.1) is 0 Å². The number of carbonyl (C=O) groups is 1. The second-order valence-electron chi connectivity index (χ2n) is 3.33. The van der Waals surface area contributed by atoms with Gasteiger partial charge in [0.15, 0.2) is 6.29 Å². The number of aldehydes is 1. The van der Waals surface area contributed by atoms with E-state index in [2.05, 4.69) is 15.9 Å². The van der Waals surface area contributed by atoms with Crippen molar-refractivity contribution in [3.05, 3.63) is 57.5 Å². The van der Waals surface area contributed by atoms with E-state index in [1.807, 2.05) is 36.4 Å². The van der Waals surface area contributed by atoms with E-state index in [-0.39, 0.29) is 0 Å². The number of carbonyl (C=O) groups excluding carboxylic acids is 1. The minimum atomic E-state index is 0.647. The zero-order chi connectivity index (χ0) is 12.3. The molecule has 0 radical (unpaired) electrons. The summed E-state index contributed by atoms with van der Waals surface area (Å²) in [5.74, 6) is 0. The van der Waals surface area contributed by atoms with Crippen molar-refractivity contribution in [3.63, 3.8) is 0 Å². The first-order valence-corrected chi connectivity index (χ1v) is 6.86. The van der Waals surface area contributed by atoms with Gasteiger partial charge in [-0.05, 0) is 30.3 Å². The molecule has 0 aliphatic rings. The zero-order valence-electron chi connectivity index (χ0n) is 8.69. The van der Waals surface area contributed by atoms with Gasteiger partial charge >= 0.3 is 0 Å². The highest BCUT2D eigenvalue weighted by Gasteiger charge is 2.04. The normalized spacial score (nSPS) is 10.2. The zero-order valence-corrected chi connectivity index (χ0v) is 11.8. The molecule has 0 spiro atoms. The predicted octanol–water partition coefficient (Wildman–Crippen LogP) is 5.07. The van der Waals surface area contributed by atoms with Gasteiger partial charge in [-0.2, -0.15) is 0 Å². The number of halogens is 2. The van der Waals surface area contributed by atoms with Gasteiger partial charge in [0, 0.05) is 19.8 Å². The van der Waals surface area contributed by atoms with E-state index in [1.165, 1.54) is 0 Å². The standard InChI is InChI=1S/C13H8BrClOS/c14-11-7-10(6-5-9(11)8-16)17-13-4-2-1-3-12(13)15/h1-8H. The Morgan fingerprint density at radius 3 is 2.59 bits per heavy atom. The average Bonchev–Trinajstić information content (AvgIpc) is 2.32. The summed E-state index contributed by atoms with van der Waals surface area (Å²) in [5, 5.41) is 0.730. The van der Waals surface area contributed by atoms with Gasteiger partial charge < -0.3 is 0 Å². The van der Waals surface area contributed by atoms with Gasteiger partial charge in [-0.3, -0.25) is 4.79 Å². The fourth-order valence-corrected chi connectivity index (χ4v) is 3.08. The summed E-state index contributed by atoms with van der Waals surface area (Å²) in [6, 6.07) is 13.3. The van der Waals surface area contributed by atoms with Crippen LogP contribution in [0.5, 0.6) is 0 Å². The molecule has 0 unspecified atom stereocenters. The van der Waals surface area contributed by atoms with Crippen LogP contribution in [0.15, 0.2) is 56.7 Å². The Kier molecular flexibility index (Phi) is 4.26. The summed E-state index contributed by atoms with van der Waals surface area (Å²) >= 11 is 11.0. The third-order valence-corrected chi connectivity index (χ3v) is 4.36. The molecule has 4 heteroatoms. The molecule has 0 heterocycles. The Morgan fingerprint density at radius 2 is 1.94 bits per heavy atom. The Morgan fingerprint density at radius 1 is 1.18 bits per heavy atom. The fraction of sp³-hybridized carbons (Fsp3) is 0. The van der Waals surface area contributed by atoms with Gasteiger partial charge in [-0.1, -0.05) is 51.4 Å². The molecule has 2 aromatic rings. The summed E-state index contributed by atoms with van der Waals surface area (Å²) < 4.78 is 0.796. The molecule has 0 aromatic heterocycles. The molecule has 17 heavy (non-hydrogen) atoms. The van der Waals surface area contributed by atoms with E-state index in [4.69, 9.17) is 11.6 Å². The Bertz CT molecular complexity index is 557. The molecule has 0 saturated carbocycles. The van der Waals surface area contributed by atoms with Crippen molar-refractivity contribution in [2.75, 3.05) is 0 Å². The largest absolute Gasteiger partial charge is 0.298 e. The number of hydrogen-bond acceptors (Lipinski definition) is 2. The first kappa shape index (κ1) is 12.7. The second-order valence-corrected chi connectivity index (χ2v) is 5.71. The molecule has 0 bridgehead atoms. The topological polar surface area (TPSA) is 17.1 Å². The van der Waals surface area contributed by atoms with Gasteiger partial charge in [-0.25, -0.2) is 0 Å². The van der Waals surface area contributed by atoms with Gasteiger partial charge in [0.05, 0.1) is 5.02 Å². The molecule has 0 fully saturated rings. The molecule has 0 aliphatic heterocycles. The smallest absolute Gasteiger partial charge is 0.151 e. The first-order valence-electron chi connectivity index (χ1n) is 4.88. The van der Waals surface area contributed by atoms with Crippen LogP contribution in [-0.4, -0.2) is 6.29 Å². The van der Waals surface area contributed by atoms with Crippen molar-refractivity contribution in [1.82, 2.24) is 0 Å². The molecule has 2 aromatic carbocycles. The van der Waals surface area contributed by atoms with Crippen LogP contribution in [0.2, 0.25) is 5.02 Å².